The summed E-state index contributed by atoms with van der Waals surface area (Å²) in [5, 5.41) is 0. The summed E-state index contributed by atoms with van der Waals surface area (Å²) in [5.74, 6) is 1.53. The molecule has 1 aromatic heterocycles. The second-order valence-electron chi connectivity index (χ2n) is 4.85. The van der Waals surface area contributed by atoms with Gasteiger partial charge in [0.05, 0.1) is 5.69 Å². The number of hydrogen-bond donors (Lipinski definition) is 1. The fraction of sp³-hybridized carbons (Fsp3) is 0.692. The summed E-state index contributed by atoms with van der Waals surface area (Å²) < 4.78 is 0. The van der Waals surface area contributed by atoms with Crippen molar-refractivity contribution in [3.05, 3.63) is 24.3 Å². The molecule has 1 aliphatic carbocycles. The zero-order valence-electron chi connectivity index (χ0n) is 9.97. The van der Waals surface area contributed by atoms with Crippen molar-refractivity contribution in [3.8, 4) is 0 Å². The Morgan fingerprint density at radius 2 is 2.12 bits per heavy atom. The van der Waals surface area contributed by atoms with E-state index in [0.717, 1.165) is 11.6 Å². The third kappa shape index (κ3) is 2.59. The van der Waals surface area contributed by atoms with Gasteiger partial charge in [-0.2, -0.15) is 0 Å². The van der Waals surface area contributed by atoms with E-state index in [-0.39, 0.29) is 6.04 Å². The Labute approximate surface area is 97.5 Å². The lowest BCUT2D eigenvalue weighted by atomic mass is 9.77. The molecule has 2 rings (SSSR count). The maximum Gasteiger partial charge on any atom is 0.115 e. The summed E-state index contributed by atoms with van der Waals surface area (Å²) in [5.41, 5.74) is 7.26. The molecule has 1 aliphatic rings. The van der Waals surface area contributed by atoms with Crippen LogP contribution in [0.1, 0.15) is 50.8 Å². The summed E-state index contributed by atoms with van der Waals surface area (Å²) >= 11 is 0. The summed E-state index contributed by atoms with van der Waals surface area (Å²) in [6.07, 6.45) is 9.86. The molecule has 88 valence electrons. The normalized spacial score (nSPS) is 27.6. The topological polar surface area (TPSA) is 51.8 Å². The first kappa shape index (κ1) is 11.5. The predicted molar refractivity (Wildman–Crippen MR) is 64.7 cm³/mol. The minimum atomic E-state index is 0.0980. The molecule has 3 heteroatoms. The number of nitrogens with zero attached hydrogens (tertiary/aromatic N) is 2. The molecule has 1 aromatic rings. The molecule has 3 nitrogen and oxygen atoms in total. The minimum absolute atomic E-state index is 0.0980. The lowest BCUT2D eigenvalue weighted by molar-refractivity contribution is 0.238. The highest BCUT2D eigenvalue weighted by Gasteiger charge is 2.26. The van der Waals surface area contributed by atoms with Crippen LogP contribution in [0, 0.1) is 11.8 Å². The van der Waals surface area contributed by atoms with Crippen molar-refractivity contribution in [2.45, 2.75) is 45.1 Å². The molecule has 1 fully saturated rings. The summed E-state index contributed by atoms with van der Waals surface area (Å²) in [6, 6.07) is 2.04. The van der Waals surface area contributed by atoms with Crippen LogP contribution in [-0.2, 0) is 0 Å². The van der Waals surface area contributed by atoms with Gasteiger partial charge in [-0.3, -0.25) is 0 Å². The van der Waals surface area contributed by atoms with Crippen LogP contribution in [0.4, 0.5) is 0 Å². The van der Waals surface area contributed by atoms with Gasteiger partial charge in [0.1, 0.15) is 6.33 Å². The molecule has 1 unspecified atom stereocenters. The van der Waals surface area contributed by atoms with E-state index in [4.69, 9.17) is 5.73 Å². The molecule has 1 atom stereocenters. The Morgan fingerprint density at radius 3 is 2.69 bits per heavy atom. The Kier molecular flexibility index (Phi) is 3.88. The smallest absolute Gasteiger partial charge is 0.115 e. The van der Waals surface area contributed by atoms with Crippen LogP contribution in [0.5, 0.6) is 0 Å². The van der Waals surface area contributed by atoms with E-state index < -0.39 is 0 Å². The monoisotopic (exact) mass is 219 g/mol. The molecule has 0 aromatic carbocycles. The van der Waals surface area contributed by atoms with Crippen molar-refractivity contribution in [1.29, 1.82) is 0 Å². The van der Waals surface area contributed by atoms with Crippen molar-refractivity contribution in [3.63, 3.8) is 0 Å². The van der Waals surface area contributed by atoms with E-state index in [1.807, 2.05) is 6.07 Å². The molecule has 1 heterocycles. The summed E-state index contributed by atoms with van der Waals surface area (Å²) in [7, 11) is 0. The van der Waals surface area contributed by atoms with Gasteiger partial charge in [-0.15, -0.1) is 0 Å². The van der Waals surface area contributed by atoms with Crippen LogP contribution in [0.25, 0.3) is 0 Å². The standard InChI is InChI=1S/C13H21N3/c1-2-10-3-5-11(6-4-10)13(14)12-7-8-15-9-16-12/h7-11,13H,2-6,14H2,1H3. The van der Waals surface area contributed by atoms with E-state index in [0.29, 0.717) is 5.92 Å². The van der Waals surface area contributed by atoms with Crippen molar-refractivity contribution in [1.82, 2.24) is 9.97 Å². The van der Waals surface area contributed by atoms with Gasteiger partial charge in [0.25, 0.3) is 0 Å². The van der Waals surface area contributed by atoms with E-state index in [1.54, 1.807) is 12.5 Å². The SMILES string of the molecule is CCC1CCC(C(N)c2ccncn2)CC1. The van der Waals surface area contributed by atoms with Crippen molar-refractivity contribution < 1.29 is 0 Å². The van der Waals surface area contributed by atoms with Crippen LogP contribution in [0.15, 0.2) is 18.6 Å². The zero-order chi connectivity index (χ0) is 11.4. The highest BCUT2D eigenvalue weighted by molar-refractivity contribution is 5.05. The van der Waals surface area contributed by atoms with Crippen molar-refractivity contribution in [2.24, 2.45) is 17.6 Å². The van der Waals surface area contributed by atoms with Crippen LogP contribution in [-0.4, -0.2) is 9.97 Å². The quantitative estimate of drug-likeness (QED) is 0.850. The minimum Gasteiger partial charge on any atom is -0.322 e. The summed E-state index contributed by atoms with van der Waals surface area (Å²) in [4.78, 5) is 8.19. The van der Waals surface area contributed by atoms with Gasteiger partial charge < -0.3 is 5.73 Å². The summed E-state index contributed by atoms with van der Waals surface area (Å²) in [6.45, 7) is 2.29. The van der Waals surface area contributed by atoms with Crippen LogP contribution >= 0.6 is 0 Å². The van der Waals surface area contributed by atoms with Crippen molar-refractivity contribution in [2.75, 3.05) is 0 Å². The number of aromatic nitrogens is 2. The maximum atomic E-state index is 6.27. The lowest BCUT2D eigenvalue weighted by Gasteiger charge is -2.31. The van der Waals surface area contributed by atoms with Gasteiger partial charge >= 0.3 is 0 Å². The van der Waals surface area contributed by atoms with Crippen LogP contribution in [0.3, 0.4) is 0 Å². The average molecular weight is 219 g/mol. The first-order chi connectivity index (χ1) is 7.81. The molecule has 0 spiro atoms. The molecule has 0 amide bonds. The largest absolute Gasteiger partial charge is 0.322 e. The Hall–Kier alpha value is -0.960. The van der Waals surface area contributed by atoms with E-state index >= 15 is 0 Å². The first-order valence-corrected chi connectivity index (χ1v) is 6.32. The van der Waals surface area contributed by atoms with Gasteiger partial charge in [-0.1, -0.05) is 26.2 Å². The Balaban J connectivity index is 1.94. The van der Waals surface area contributed by atoms with E-state index in [2.05, 4.69) is 16.9 Å². The molecule has 16 heavy (non-hydrogen) atoms. The van der Waals surface area contributed by atoms with Crippen LogP contribution < -0.4 is 5.73 Å². The second-order valence-corrected chi connectivity index (χ2v) is 4.85. The average Bonchev–Trinajstić information content (AvgIpc) is 2.39. The van der Waals surface area contributed by atoms with Gasteiger partial charge in [-0.25, -0.2) is 9.97 Å². The molecule has 2 N–H and O–H groups in total. The van der Waals surface area contributed by atoms with E-state index in [1.165, 1.54) is 32.1 Å². The molecular weight excluding hydrogens is 198 g/mol. The lowest BCUT2D eigenvalue weighted by Crippen LogP contribution is -2.26. The third-order valence-electron chi connectivity index (χ3n) is 3.92. The molecule has 0 saturated heterocycles. The van der Waals surface area contributed by atoms with Gasteiger partial charge in [-0.05, 0) is 30.7 Å². The van der Waals surface area contributed by atoms with E-state index in [9.17, 15) is 0 Å². The highest BCUT2D eigenvalue weighted by Crippen LogP contribution is 2.36. The maximum absolute atomic E-state index is 6.27. The molecule has 0 radical (unpaired) electrons. The predicted octanol–water partition coefficient (Wildman–Crippen LogP) is 2.69. The number of rotatable bonds is 3. The second kappa shape index (κ2) is 5.39. The van der Waals surface area contributed by atoms with Crippen molar-refractivity contribution >= 4 is 0 Å². The fourth-order valence-corrected chi connectivity index (χ4v) is 2.70. The van der Waals surface area contributed by atoms with Gasteiger partial charge in [0.2, 0.25) is 0 Å². The Morgan fingerprint density at radius 1 is 1.38 bits per heavy atom. The zero-order valence-corrected chi connectivity index (χ0v) is 9.97. The molecular formula is C13H21N3. The number of hydrogen-bond acceptors (Lipinski definition) is 3. The fourth-order valence-electron chi connectivity index (χ4n) is 2.70. The molecule has 0 bridgehead atoms. The highest BCUT2D eigenvalue weighted by atomic mass is 14.9. The molecule has 1 saturated carbocycles. The molecule has 0 aliphatic heterocycles. The van der Waals surface area contributed by atoms with Gasteiger partial charge in [0, 0.05) is 12.2 Å². The first-order valence-electron chi connectivity index (χ1n) is 6.32. The van der Waals surface area contributed by atoms with Crippen LogP contribution in [0.2, 0.25) is 0 Å². The Bertz CT molecular complexity index is 304. The number of nitrogens with two attached hydrogens (primary N) is 1. The third-order valence-corrected chi connectivity index (χ3v) is 3.92. The van der Waals surface area contributed by atoms with Gasteiger partial charge in [0.15, 0.2) is 0 Å².